The fourth-order valence-electron chi connectivity index (χ4n) is 2.75. The number of aliphatic hydroxyl groups is 1. The molecule has 1 aromatic heterocycles. The van der Waals surface area contributed by atoms with Crippen molar-refractivity contribution in [3.05, 3.63) is 22.4 Å². The van der Waals surface area contributed by atoms with E-state index in [2.05, 4.69) is 36.7 Å². The smallest absolute Gasteiger partial charge is 0.0621 e. The van der Waals surface area contributed by atoms with E-state index in [0.29, 0.717) is 12.1 Å². The Hall–Kier alpha value is -0.380. The van der Waals surface area contributed by atoms with Crippen LogP contribution in [0.4, 0.5) is 0 Å². The van der Waals surface area contributed by atoms with Crippen molar-refractivity contribution < 1.29 is 5.11 Å². The monoisotopic (exact) mass is 251 g/mol. The molecule has 1 heterocycles. The van der Waals surface area contributed by atoms with Gasteiger partial charge in [-0.2, -0.15) is 0 Å². The van der Waals surface area contributed by atoms with Gasteiger partial charge in [0.1, 0.15) is 0 Å². The SMILES string of the molecule is CC1(C)C(O)CC1NC(c1cccs1)C1CC1. The van der Waals surface area contributed by atoms with Crippen molar-refractivity contribution >= 4 is 11.3 Å². The summed E-state index contributed by atoms with van der Waals surface area (Å²) in [6.07, 6.45) is 3.47. The first-order valence-corrected chi connectivity index (χ1v) is 7.44. The molecule has 0 radical (unpaired) electrons. The van der Waals surface area contributed by atoms with Crippen molar-refractivity contribution in [2.24, 2.45) is 11.3 Å². The summed E-state index contributed by atoms with van der Waals surface area (Å²) in [5.41, 5.74) is 0.0321. The molecular weight excluding hydrogens is 230 g/mol. The van der Waals surface area contributed by atoms with Gasteiger partial charge in [-0.25, -0.2) is 0 Å². The highest BCUT2D eigenvalue weighted by Crippen LogP contribution is 2.47. The molecule has 0 aromatic carbocycles. The predicted octanol–water partition coefficient (Wildman–Crippen LogP) is 2.95. The van der Waals surface area contributed by atoms with Crippen molar-refractivity contribution in [2.45, 2.75) is 51.3 Å². The standard InChI is InChI=1S/C14H21NOS/c1-14(2)11(8-12(14)16)15-13(9-5-6-9)10-4-3-7-17-10/h3-4,7,9,11-13,15-16H,5-6,8H2,1-2H3. The molecule has 0 amide bonds. The van der Waals surface area contributed by atoms with E-state index in [1.165, 1.54) is 17.7 Å². The maximum absolute atomic E-state index is 9.81. The number of thiophene rings is 1. The number of rotatable bonds is 4. The molecule has 2 aliphatic rings. The molecule has 2 saturated carbocycles. The van der Waals surface area contributed by atoms with E-state index in [1.807, 2.05) is 11.3 Å². The van der Waals surface area contributed by atoms with Crippen LogP contribution in [-0.4, -0.2) is 17.3 Å². The summed E-state index contributed by atoms with van der Waals surface area (Å²) in [5, 5.41) is 15.8. The molecule has 2 aliphatic carbocycles. The molecule has 3 atom stereocenters. The van der Waals surface area contributed by atoms with E-state index in [9.17, 15) is 5.11 Å². The summed E-state index contributed by atoms with van der Waals surface area (Å²) < 4.78 is 0. The van der Waals surface area contributed by atoms with Crippen molar-refractivity contribution in [1.29, 1.82) is 0 Å². The van der Waals surface area contributed by atoms with Crippen LogP contribution in [0.3, 0.4) is 0 Å². The molecule has 94 valence electrons. The van der Waals surface area contributed by atoms with Gasteiger partial charge >= 0.3 is 0 Å². The highest BCUT2D eigenvalue weighted by molar-refractivity contribution is 7.10. The zero-order valence-corrected chi connectivity index (χ0v) is 11.3. The largest absolute Gasteiger partial charge is 0.392 e. The number of aliphatic hydroxyl groups excluding tert-OH is 1. The molecule has 0 aliphatic heterocycles. The quantitative estimate of drug-likeness (QED) is 0.862. The first kappa shape index (κ1) is 11.7. The second kappa shape index (κ2) is 4.08. The van der Waals surface area contributed by atoms with Crippen LogP contribution in [0.5, 0.6) is 0 Å². The van der Waals surface area contributed by atoms with Crippen LogP contribution in [0.15, 0.2) is 17.5 Å². The van der Waals surface area contributed by atoms with E-state index >= 15 is 0 Å². The van der Waals surface area contributed by atoms with Gasteiger partial charge in [0.15, 0.2) is 0 Å². The lowest BCUT2D eigenvalue weighted by Crippen LogP contribution is -2.60. The molecule has 0 spiro atoms. The second-order valence-corrected chi connectivity index (χ2v) is 7.10. The van der Waals surface area contributed by atoms with Crippen LogP contribution >= 0.6 is 11.3 Å². The second-order valence-electron chi connectivity index (χ2n) is 6.12. The van der Waals surface area contributed by atoms with Gasteiger partial charge in [-0.05, 0) is 36.6 Å². The Bertz CT molecular complexity index is 383. The Kier molecular flexibility index (Phi) is 2.80. The summed E-state index contributed by atoms with van der Waals surface area (Å²) in [7, 11) is 0. The fourth-order valence-corrected chi connectivity index (χ4v) is 3.63. The molecule has 17 heavy (non-hydrogen) atoms. The van der Waals surface area contributed by atoms with Crippen molar-refractivity contribution in [2.75, 3.05) is 0 Å². The van der Waals surface area contributed by atoms with E-state index < -0.39 is 0 Å². The van der Waals surface area contributed by atoms with Gasteiger partial charge in [-0.3, -0.25) is 0 Å². The van der Waals surface area contributed by atoms with Crippen LogP contribution in [0, 0.1) is 11.3 Å². The lowest BCUT2D eigenvalue weighted by Gasteiger charge is -2.51. The Labute approximate surface area is 107 Å². The van der Waals surface area contributed by atoms with E-state index in [1.54, 1.807) is 0 Å². The topological polar surface area (TPSA) is 32.3 Å². The fraction of sp³-hybridized carbons (Fsp3) is 0.714. The van der Waals surface area contributed by atoms with Crippen molar-refractivity contribution in [1.82, 2.24) is 5.32 Å². The number of nitrogens with one attached hydrogen (secondary N) is 1. The van der Waals surface area contributed by atoms with Crippen LogP contribution in [0.1, 0.15) is 44.0 Å². The van der Waals surface area contributed by atoms with Gasteiger partial charge < -0.3 is 10.4 Å². The third-order valence-electron chi connectivity index (χ3n) is 4.54. The molecule has 0 saturated heterocycles. The van der Waals surface area contributed by atoms with Gasteiger partial charge in [0.2, 0.25) is 0 Å². The average Bonchev–Trinajstić information content (AvgIpc) is 2.99. The molecule has 3 rings (SSSR count). The zero-order chi connectivity index (χ0) is 12.0. The Morgan fingerprint density at radius 3 is 2.71 bits per heavy atom. The van der Waals surface area contributed by atoms with Gasteiger partial charge in [-0.1, -0.05) is 19.9 Å². The normalized spacial score (nSPS) is 33.1. The van der Waals surface area contributed by atoms with Crippen molar-refractivity contribution in [3.63, 3.8) is 0 Å². The Morgan fingerprint density at radius 1 is 1.47 bits per heavy atom. The highest BCUT2D eigenvalue weighted by Gasteiger charge is 2.49. The van der Waals surface area contributed by atoms with Crippen LogP contribution < -0.4 is 5.32 Å². The van der Waals surface area contributed by atoms with Crippen LogP contribution in [-0.2, 0) is 0 Å². The molecule has 2 fully saturated rings. The van der Waals surface area contributed by atoms with E-state index in [-0.39, 0.29) is 11.5 Å². The van der Waals surface area contributed by atoms with Gasteiger partial charge in [0.05, 0.1) is 6.10 Å². The molecule has 3 unspecified atom stereocenters. The summed E-state index contributed by atoms with van der Waals surface area (Å²) in [6, 6.07) is 5.36. The minimum Gasteiger partial charge on any atom is -0.392 e. The first-order chi connectivity index (χ1) is 8.09. The van der Waals surface area contributed by atoms with Crippen LogP contribution in [0.25, 0.3) is 0 Å². The zero-order valence-electron chi connectivity index (χ0n) is 10.5. The summed E-state index contributed by atoms with van der Waals surface area (Å²) in [6.45, 7) is 4.33. The lowest BCUT2D eigenvalue weighted by molar-refractivity contribution is -0.0767. The molecule has 2 N–H and O–H groups in total. The van der Waals surface area contributed by atoms with Gasteiger partial charge in [-0.15, -0.1) is 11.3 Å². The maximum Gasteiger partial charge on any atom is 0.0621 e. The minimum absolute atomic E-state index is 0.0321. The molecular formula is C14H21NOS. The van der Waals surface area contributed by atoms with E-state index in [4.69, 9.17) is 0 Å². The third-order valence-corrected chi connectivity index (χ3v) is 5.50. The van der Waals surface area contributed by atoms with Gasteiger partial charge in [0, 0.05) is 22.4 Å². The lowest BCUT2D eigenvalue weighted by atomic mass is 9.64. The summed E-state index contributed by atoms with van der Waals surface area (Å²) >= 11 is 1.85. The van der Waals surface area contributed by atoms with E-state index in [0.717, 1.165) is 12.3 Å². The molecule has 2 nitrogen and oxygen atoms in total. The number of hydrogen-bond acceptors (Lipinski definition) is 3. The number of hydrogen-bond donors (Lipinski definition) is 2. The molecule has 0 bridgehead atoms. The van der Waals surface area contributed by atoms with Gasteiger partial charge in [0.25, 0.3) is 0 Å². The summed E-state index contributed by atoms with van der Waals surface area (Å²) in [4.78, 5) is 1.46. The average molecular weight is 251 g/mol. The first-order valence-electron chi connectivity index (χ1n) is 6.56. The van der Waals surface area contributed by atoms with Crippen molar-refractivity contribution in [3.8, 4) is 0 Å². The molecule has 3 heteroatoms. The molecule has 1 aromatic rings. The predicted molar refractivity (Wildman–Crippen MR) is 71.1 cm³/mol. The minimum atomic E-state index is -0.136. The third kappa shape index (κ3) is 2.05. The Balaban J connectivity index is 1.70. The highest BCUT2D eigenvalue weighted by atomic mass is 32.1. The maximum atomic E-state index is 9.81. The summed E-state index contributed by atoms with van der Waals surface area (Å²) in [5.74, 6) is 0.821. The Morgan fingerprint density at radius 2 is 2.24 bits per heavy atom. The van der Waals surface area contributed by atoms with Crippen LogP contribution in [0.2, 0.25) is 0 Å².